The van der Waals surface area contributed by atoms with Crippen LogP contribution >= 0.6 is 0 Å². The van der Waals surface area contributed by atoms with Crippen LogP contribution in [0.25, 0.3) is 10.8 Å². The van der Waals surface area contributed by atoms with E-state index in [1.54, 1.807) is 24.5 Å². The lowest BCUT2D eigenvalue weighted by Crippen LogP contribution is -2.32. The fourth-order valence-corrected chi connectivity index (χ4v) is 3.60. The third-order valence-electron chi connectivity index (χ3n) is 5.13. The first kappa shape index (κ1) is 18.3. The Balaban J connectivity index is 1.58. The molecule has 4 rings (SSSR count). The maximum Gasteiger partial charge on any atom is 0.274 e. The molecule has 1 aliphatic heterocycles. The molecule has 28 heavy (non-hydrogen) atoms. The van der Waals surface area contributed by atoms with Gasteiger partial charge in [-0.25, -0.2) is 4.68 Å². The Morgan fingerprint density at radius 2 is 1.71 bits per heavy atom. The molecule has 2 aromatic heterocycles. The molecule has 7 nitrogen and oxygen atoms in total. The number of likely N-dealkylation sites (tertiary alicyclic amines) is 1. The van der Waals surface area contributed by atoms with E-state index in [9.17, 15) is 9.59 Å². The van der Waals surface area contributed by atoms with Crippen LogP contribution in [-0.2, 0) is 13.1 Å². The molecule has 0 aliphatic carbocycles. The van der Waals surface area contributed by atoms with Gasteiger partial charge in [0.2, 0.25) is 0 Å². The molecule has 0 atom stereocenters. The smallest absolute Gasteiger partial charge is 0.274 e. The number of nitrogens with one attached hydrogen (secondary N) is 1. The molecule has 7 heteroatoms. The molecule has 3 heterocycles. The molecule has 144 valence electrons. The van der Waals surface area contributed by atoms with Crippen molar-refractivity contribution in [3.8, 4) is 0 Å². The van der Waals surface area contributed by atoms with E-state index in [1.807, 2.05) is 24.3 Å². The summed E-state index contributed by atoms with van der Waals surface area (Å²) in [6.07, 6.45) is 5.60. The summed E-state index contributed by atoms with van der Waals surface area (Å²) < 4.78 is 1.54. The molecule has 1 saturated heterocycles. The van der Waals surface area contributed by atoms with Crippen molar-refractivity contribution in [2.45, 2.75) is 25.9 Å². The normalized spacial score (nSPS) is 14.4. The molecular weight excluding hydrogens is 354 g/mol. The zero-order chi connectivity index (χ0) is 19.3. The molecular formula is C21H23N5O2. The predicted molar refractivity (Wildman–Crippen MR) is 107 cm³/mol. The number of carbonyl (C=O) groups excluding carboxylic acids is 1. The van der Waals surface area contributed by atoms with Gasteiger partial charge in [-0.05, 0) is 44.1 Å². The molecule has 1 amide bonds. The Morgan fingerprint density at radius 3 is 2.46 bits per heavy atom. The highest BCUT2D eigenvalue weighted by Gasteiger charge is 2.15. The van der Waals surface area contributed by atoms with E-state index in [0.717, 1.165) is 25.0 Å². The van der Waals surface area contributed by atoms with Gasteiger partial charge >= 0.3 is 0 Å². The minimum Gasteiger partial charge on any atom is -0.346 e. The number of fused-ring (bicyclic) bond motifs is 1. The van der Waals surface area contributed by atoms with Gasteiger partial charge in [0.05, 0.1) is 24.2 Å². The number of pyridine rings is 1. The Labute approximate surface area is 163 Å². The molecule has 1 N–H and O–H groups in total. The van der Waals surface area contributed by atoms with Gasteiger partial charge in [0.25, 0.3) is 11.5 Å². The Kier molecular flexibility index (Phi) is 5.43. The number of aromatic nitrogens is 3. The second kappa shape index (κ2) is 8.31. The second-order valence-electron chi connectivity index (χ2n) is 6.99. The zero-order valence-corrected chi connectivity index (χ0v) is 15.7. The van der Waals surface area contributed by atoms with Crippen molar-refractivity contribution < 1.29 is 4.79 Å². The average Bonchev–Trinajstić information content (AvgIpc) is 3.27. The maximum atomic E-state index is 12.8. The highest BCUT2D eigenvalue weighted by atomic mass is 16.1. The van der Waals surface area contributed by atoms with Crippen molar-refractivity contribution in [3.63, 3.8) is 0 Å². The largest absolute Gasteiger partial charge is 0.346 e. The van der Waals surface area contributed by atoms with Crippen LogP contribution in [0.15, 0.2) is 53.6 Å². The molecule has 0 saturated carbocycles. The van der Waals surface area contributed by atoms with E-state index in [0.29, 0.717) is 23.2 Å². The second-order valence-corrected chi connectivity index (χ2v) is 6.99. The van der Waals surface area contributed by atoms with Crippen LogP contribution in [-0.4, -0.2) is 45.2 Å². The molecule has 3 aromatic rings. The van der Waals surface area contributed by atoms with Crippen LogP contribution in [0.3, 0.4) is 0 Å². The number of amides is 1. The summed E-state index contributed by atoms with van der Waals surface area (Å²) in [4.78, 5) is 31.5. The molecule has 0 radical (unpaired) electrons. The number of nitrogens with zero attached hydrogens (tertiary/aromatic N) is 4. The Bertz CT molecular complexity index is 1030. The molecule has 1 aliphatic rings. The van der Waals surface area contributed by atoms with E-state index < -0.39 is 0 Å². The van der Waals surface area contributed by atoms with Crippen LogP contribution in [0.5, 0.6) is 0 Å². The summed E-state index contributed by atoms with van der Waals surface area (Å²) in [5, 5.41) is 8.88. The summed E-state index contributed by atoms with van der Waals surface area (Å²) in [5.41, 5.74) is 1.15. The van der Waals surface area contributed by atoms with Crippen LogP contribution in [0.4, 0.5) is 0 Å². The van der Waals surface area contributed by atoms with E-state index in [2.05, 4.69) is 20.3 Å². The summed E-state index contributed by atoms with van der Waals surface area (Å²) in [7, 11) is 0. The van der Waals surface area contributed by atoms with Gasteiger partial charge in [-0.15, -0.1) is 0 Å². The highest BCUT2D eigenvalue weighted by Crippen LogP contribution is 2.14. The van der Waals surface area contributed by atoms with Gasteiger partial charge in [-0.2, -0.15) is 5.10 Å². The van der Waals surface area contributed by atoms with E-state index in [1.165, 1.54) is 17.5 Å². The number of benzene rings is 1. The van der Waals surface area contributed by atoms with Crippen molar-refractivity contribution in [1.29, 1.82) is 0 Å². The van der Waals surface area contributed by atoms with E-state index in [4.69, 9.17) is 0 Å². The number of carbonyl (C=O) groups is 1. The highest BCUT2D eigenvalue weighted by molar-refractivity contribution is 5.94. The van der Waals surface area contributed by atoms with Gasteiger partial charge < -0.3 is 10.2 Å². The Hall–Kier alpha value is -3.06. The van der Waals surface area contributed by atoms with Gasteiger partial charge in [-0.1, -0.05) is 18.2 Å². The first-order chi connectivity index (χ1) is 13.7. The topological polar surface area (TPSA) is 80.1 Å². The van der Waals surface area contributed by atoms with Gasteiger partial charge in [0.1, 0.15) is 0 Å². The number of hydrogen-bond donors (Lipinski definition) is 1. The minimum absolute atomic E-state index is 0.0843. The van der Waals surface area contributed by atoms with Crippen molar-refractivity contribution in [2.24, 2.45) is 0 Å². The van der Waals surface area contributed by atoms with Gasteiger partial charge in [-0.3, -0.25) is 14.6 Å². The SMILES string of the molecule is O=C(NCc1nn(CCN2CCCC2)c(=O)c2ccccc12)c1ccncc1. The van der Waals surface area contributed by atoms with Crippen molar-refractivity contribution in [3.05, 3.63) is 70.4 Å². The summed E-state index contributed by atoms with van der Waals surface area (Å²) in [6.45, 7) is 3.78. The summed E-state index contributed by atoms with van der Waals surface area (Å²) in [5.74, 6) is -0.192. The quantitative estimate of drug-likeness (QED) is 0.709. The van der Waals surface area contributed by atoms with Gasteiger partial charge in [0.15, 0.2) is 0 Å². The van der Waals surface area contributed by atoms with Crippen LogP contribution in [0.2, 0.25) is 0 Å². The first-order valence-corrected chi connectivity index (χ1v) is 9.62. The van der Waals surface area contributed by atoms with E-state index in [-0.39, 0.29) is 18.0 Å². The minimum atomic E-state index is -0.192. The molecule has 0 bridgehead atoms. The fraction of sp³-hybridized carbons (Fsp3) is 0.333. The number of rotatable bonds is 6. The van der Waals surface area contributed by atoms with Crippen LogP contribution < -0.4 is 10.9 Å². The molecule has 1 aromatic carbocycles. The summed E-state index contributed by atoms with van der Waals surface area (Å²) in [6, 6.07) is 10.8. The van der Waals surface area contributed by atoms with Crippen LogP contribution in [0, 0.1) is 0 Å². The fourth-order valence-electron chi connectivity index (χ4n) is 3.60. The standard InChI is InChI=1S/C21H23N5O2/c27-20(16-7-9-22-10-8-16)23-15-19-17-5-1-2-6-18(17)21(28)26(24-19)14-13-25-11-3-4-12-25/h1-2,5-10H,3-4,11-15H2,(H,23,27). The first-order valence-electron chi connectivity index (χ1n) is 9.62. The van der Waals surface area contributed by atoms with E-state index >= 15 is 0 Å². The predicted octanol–water partition coefficient (Wildman–Crippen LogP) is 1.82. The molecule has 0 spiro atoms. The lowest BCUT2D eigenvalue weighted by Gasteiger charge is -2.16. The van der Waals surface area contributed by atoms with Gasteiger partial charge in [0, 0.05) is 29.9 Å². The third kappa shape index (κ3) is 3.94. The van der Waals surface area contributed by atoms with Crippen LogP contribution in [0.1, 0.15) is 28.9 Å². The summed E-state index contributed by atoms with van der Waals surface area (Å²) >= 11 is 0. The average molecular weight is 377 g/mol. The molecule has 0 unspecified atom stereocenters. The zero-order valence-electron chi connectivity index (χ0n) is 15.7. The van der Waals surface area contributed by atoms with Crippen molar-refractivity contribution in [1.82, 2.24) is 25.0 Å². The molecule has 1 fully saturated rings. The number of hydrogen-bond acceptors (Lipinski definition) is 5. The van der Waals surface area contributed by atoms with Crippen molar-refractivity contribution >= 4 is 16.7 Å². The Morgan fingerprint density at radius 1 is 1.00 bits per heavy atom. The maximum absolute atomic E-state index is 12.8. The monoisotopic (exact) mass is 377 g/mol. The van der Waals surface area contributed by atoms with Crippen molar-refractivity contribution in [2.75, 3.05) is 19.6 Å². The lowest BCUT2D eigenvalue weighted by atomic mass is 10.1. The lowest BCUT2D eigenvalue weighted by molar-refractivity contribution is 0.0950. The third-order valence-corrected chi connectivity index (χ3v) is 5.13.